The fraction of sp³-hybridized carbons (Fsp3) is 0.750. The minimum atomic E-state index is -1.08. The third-order valence-electron chi connectivity index (χ3n) is 2.03. The molecule has 1 aliphatic rings. The number of hydrogen-bond donors (Lipinski definition) is 0. The van der Waals surface area contributed by atoms with Crippen LogP contribution < -0.4 is 0 Å². The first-order valence-electron chi connectivity index (χ1n) is 3.95. The van der Waals surface area contributed by atoms with E-state index in [2.05, 4.69) is 9.47 Å². The Bertz CT molecular complexity index is 193. The Kier molecular flexibility index (Phi) is 2.35. The minimum Gasteiger partial charge on any atom is -0.427 e. The molecule has 0 radical (unpaired) electrons. The van der Waals surface area contributed by atoms with E-state index in [-0.39, 0.29) is 6.79 Å². The lowest BCUT2D eigenvalue weighted by Gasteiger charge is -2.28. The molecule has 4 heteroatoms. The highest BCUT2D eigenvalue weighted by molar-refractivity contribution is 6.00. The zero-order chi connectivity index (χ0) is 9.19. The van der Waals surface area contributed by atoms with Crippen molar-refractivity contribution in [2.75, 3.05) is 6.79 Å². The first-order chi connectivity index (χ1) is 5.61. The molecule has 0 aliphatic carbocycles. The van der Waals surface area contributed by atoms with Crippen molar-refractivity contribution in [3.05, 3.63) is 0 Å². The van der Waals surface area contributed by atoms with Crippen LogP contribution in [0, 0.1) is 5.41 Å². The van der Waals surface area contributed by atoms with Gasteiger partial charge in [0.1, 0.15) is 0 Å². The van der Waals surface area contributed by atoms with Gasteiger partial charge < -0.3 is 9.47 Å². The second-order valence-corrected chi connectivity index (χ2v) is 3.06. The topological polar surface area (TPSA) is 52.6 Å². The third kappa shape index (κ3) is 1.29. The van der Waals surface area contributed by atoms with Crippen LogP contribution in [0.2, 0.25) is 0 Å². The Morgan fingerprint density at radius 3 is 2.25 bits per heavy atom. The summed E-state index contributed by atoms with van der Waals surface area (Å²) >= 11 is 0. The molecule has 0 unspecified atom stereocenters. The number of ether oxygens (including phenoxy) is 2. The van der Waals surface area contributed by atoms with Gasteiger partial charge in [-0.3, -0.25) is 9.59 Å². The van der Waals surface area contributed by atoms with E-state index in [1.165, 1.54) is 0 Å². The van der Waals surface area contributed by atoms with Crippen molar-refractivity contribution in [1.82, 2.24) is 0 Å². The molecule has 1 rings (SSSR count). The first kappa shape index (κ1) is 9.03. The highest BCUT2D eigenvalue weighted by atomic mass is 16.7. The van der Waals surface area contributed by atoms with Crippen molar-refractivity contribution in [3.8, 4) is 0 Å². The smallest absolute Gasteiger partial charge is 0.326 e. The van der Waals surface area contributed by atoms with Crippen LogP contribution >= 0.6 is 0 Å². The summed E-state index contributed by atoms with van der Waals surface area (Å²) in [7, 11) is 0. The molecule has 0 aromatic heterocycles. The van der Waals surface area contributed by atoms with Gasteiger partial charge in [0.05, 0.1) is 0 Å². The maximum atomic E-state index is 11.2. The summed E-state index contributed by atoms with van der Waals surface area (Å²) < 4.78 is 9.27. The van der Waals surface area contributed by atoms with E-state index in [9.17, 15) is 9.59 Å². The summed E-state index contributed by atoms with van der Waals surface area (Å²) in [5, 5.41) is 0. The van der Waals surface area contributed by atoms with Crippen LogP contribution in [-0.2, 0) is 19.1 Å². The van der Waals surface area contributed by atoms with Gasteiger partial charge in [-0.05, 0) is 13.3 Å². The first-order valence-corrected chi connectivity index (χ1v) is 3.95. The molecule has 0 atom stereocenters. The number of rotatable bonds is 2. The Balaban J connectivity index is 2.80. The summed E-state index contributed by atoms with van der Waals surface area (Å²) in [5.41, 5.74) is -1.08. The van der Waals surface area contributed by atoms with E-state index in [0.29, 0.717) is 6.42 Å². The zero-order valence-electron chi connectivity index (χ0n) is 7.25. The molecule has 0 aromatic carbocycles. The van der Waals surface area contributed by atoms with E-state index in [1.54, 1.807) is 6.92 Å². The van der Waals surface area contributed by atoms with Crippen molar-refractivity contribution >= 4 is 11.9 Å². The average molecular weight is 172 g/mol. The van der Waals surface area contributed by atoms with Gasteiger partial charge in [0.15, 0.2) is 5.41 Å². The molecular formula is C8H12O4. The Morgan fingerprint density at radius 1 is 1.33 bits per heavy atom. The van der Waals surface area contributed by atoms with Crippen LogP contribution in [0.3, 0.4) is 0 Å². The van der Waals surface area contributed by atoms with Gasteiger partial charge in [0, 0.05) is 0 Å². The molecule has 1 heterocycles. The van der Waals surface area contributed by atoms with Crippen LogP contribution in [-0.4, -0.2) is 18.7 Å². The van der Waals surface area contributed by atoms with Crippen LogP contribution in [0.25, 0.3) is 0 Å². The number of carbonyl (C=O) groups is 2. The van der Waals surface area contributed by atoms with E-state index in [1.807, 2.05) is 6.92 Å². The molecule has 0 saturated carbocycles. The highest BCUT2D eigenvalue weighted by Gasteiger charge is 2.46. The third-order valence-corrected chi connectivity index (χ3v) is 2.03. The Labute approximate surface area is 70.8 Å². The van der Waals surface area contributed by atoms with Crippen LogP contribution in [0.4, 0.5) is 0 Å². The monoisotopic (exact) mass is 172 g/mol. The number of esters is 2. The lowest BCUT2D eigenvalue weighted by atomic mass is 9.85. The van der Waals surface area contributed by atoms with Gasteiger partial charge in [-0.25, -0.2) is 0 Å². The Morgan fingerprint density at radius 2 is 1.83 bits per heavy atom. The molecule has 0 N–H and O–H groups in total. The SMILES string of the molecule is CCCC1(C)C(=O)OCOC1=O. The van der Waals surface area contributed by atoms with E-state index < -0.39 is 17.4 Å². The molecule has 0 spiro atoms. The van der Waals surface area contributed by atoms with E-state index in [0.717, 1.165) is 6.42 Å². The van der Waals surface area contributed by atoms with Crippen molar-refractivity contribution in [2.24, 2.45) is 5.41 Å². The standard InChI is InChI=1S/C8H12O4/c1-3-4-8(2)6(9)11-5-12-7(8)10/h3-5H2,1-2H3. The van der Waals surface area contributed by atoms with E-state index >= 15 is 0 Å². The number of cyclic esters (lactones) is 2. The van der Waals surface area contributed by atoms with Crippen molar-refractivity contribution in [1.29, 1.82) is 0 Å². The normalized spacial score (nSPS) is 21.5. The molecular weight excluding hydrogens is 160 g/mol. The molecule has 1 aliphatic heterocycles. The average Bonchev–Trinajstić information content (AvgIpc) is 2.02. The maximum Gasteiger partial charge on any atom is 0.326 e. The van der Waals surface area contributed by atoms with Gasteiger partial charge >= 0.3 is 11.9 Å². The molecule has 0 bridgehead atoms. The molecule has 1 fully saturated rings. The number of hydrogen-bond acceptors (Lipinski definition) is 4. The molecule has 0 aromatic rings. The van der Waals surface area contributed by atoms with Gasteiger partial charge in [-0.1, -0.05) is 13.3 Å². The summed E-state index contributed by atoms with van der Waals surface area (Å²) in [5.74, 6) is -0.943. The summed E-state index contributed by atoms with van der Waals surface area (Å²) in [6.07, 6.45) is 1.23. The number of carbonyl (C=O) groups excluding carboxylic acids is 2. The van der Waals surface area contributed by atoms with Crippen LogP contribution in [0.15, 0.2) is 0 Å². The van der Waals surface area contributed by atoms with Crippen LogP contribution in [0.5, 0.6) is 0 Å². The largest absolute Gasteiger partial charge is 0.427 e. The van der Waals surface area contributed by atoms with Crippen molar-refractivity contribution in [2.45, 2.75) is 26.7 Å². The second kappa shape index (κ2) is 3.13. The quantitative estimate of drug-likeness (QED) is 0.457. The molecule has 0 amide bonds. The molecule has 68 valence electrons. The molecule has 12 heavy (non-hydrogen) atoms. The summed E-state index contributed by atoms with van der Waals surface area (Å²) in [6, 6.07) is 0. The van der Waals surface area contributed by atoms with Gasteiger partial charge in [0.25, 0.3) is 0 Å². The maximum absolute atomic E-state index is 11.2. The van der Waals surface area contributed by atoms with Crippen LogP contribution in [0.1, 0.15) is 26.7 Å². The van der Waals surface area contributed by atoms with Crippen molar-refractivity contribution < 1.29 is 19.1 Å². The zero-order valence-corrected chi connectivity index (χ0v) is 7.25. The lowest BCUT2D eigenvalue weighted by molar-refractivity contribution is -0.200. The predicted molar refractivity (Wildman–Crippen MR) is 40.1 cm³/mol. The fourth-order valence-corrected chi connectivity index (χ4v) is 1.24. The summed E-state index contributed by atoms with van der Waals surface area (Å²) in [4.78, 5) is 22.4. The lowest BCUT2D eigenvalue weighted by Crippen LogP contribution is -2.44. The van der Waals surface area contributed by atoms with E-state index in [4.69, 9.17) is 0 Å². The van der Waals surface area contributed by atoms with Gasteiger partial charge in [-0.2, -0.15) is 0 Å². The second-order valence-electron chi connectivity index (χ2n) is 3.06. The van der Waals surface area contributed by atoms with Crippen molar-refractivity contribution in [3.63, 3.8) is 0 Å². The highest BCUT2D eigenvalue weighted by Crippen LogP contribution is 2.29. The Hall–Kier alpha value is -1.06. The van der Waals surface area contributed by atoms with Gasteiger partial charge in [0.2, 0.25) is 6.79 Å². The molecule has 4 nitrogen and oxygen atoms in total. The summed E-state index contributed by atoms with van der Waals surface area (Å²) in [6.45, 7) is 3.22. The molecule has 1 saturated heterocycles. The predicted octanol–water partition coefficient (Wildman–Crippen LogP) is 0.850. The fourth-order valence-electron chi connectivity index (χ4n) is 1.24. The van der Waals surface area contributed by atoms with Gasteiger partial charge in [-0.15, -0.1) is 0 Å². The minimum absolute atomic E-state index is 0.239.